The molecular weight excluding hydrogens is 469 g/mol. The van der Waals surface area contributed by atoms with Gasteiger partial charge in [0.1, 0.15) is 12.1 Å². The van der Waals surface area contributed by atoms with Crippen molar-refractivity contribution in [2.45, 2.75) is 31.3 Å². The van der Waals surface area contributed by atoms with Gasteiger partial charge in [-0.05, 0) is 31.0 Å². The first kappa shape index (κ1) is 24.2. The van der Waals surface area contributed by atoms with E-state index in [4.69, 9.17) is 32.7 Å². The zero-order valence-corrected chi connectivity index (χ0v) is 19.5. The Labute approximate surface area is 191 Å². The molecule has 2 fully saturated rings. The smallest absolute Gasteiger partial charge is 0.251 e. The highest BCUT2D eigenvalue weighted by atomic mass is 35.5. The van der Waals surface area contributed by atoms with Gasteiger partial charge < -0.3 is 19.7 Å². The molecule has 2 amide bonds. The van der Waals surface area contributed by atoms with Gasteiger partial charge in [0, 0.05) is 38.9 Å². The van der Waals surface area contributed by atoms with Crippen LogP contribution in [0.5, 0.6) is 0 Å². The predicted octanol–water partition coefficient (Wildman–Crippen LogP) is 1.35. The second-order valence-corrected chi connectivity index (χ2v) is 10.3. The van der Waals surface area contributed by atoms with E-state index in [1.807, 2.05) is 0 Å². The minimum absolute atomic E-state index is 0.121. The van der Waals surface area contributed by atoms with Crippen molar-refractivity contribution in [3.8, 4) is 0 Å². The standard InChI is InChI=1S/C19H25Cl2N3O6S/c1-29-19-16(30-19)6-5-15(22-17(25)12-3-4-13(20)14(21)11-12)18(26)23-7-9-24(10-8-23)31(2,27)28/h3-4,11,15-16,19H,5-10H2,1-2H3,(H,22,25)/t15-,16?,19?/m0/s1. The summed E-state index contributed by atoms with van der Waals surface area (Å²) >= 11 is 11.9. The molecule has 0 saturated carbocycles. The van der Waals surface area contributed by atoms with Crippen LogP contribution in [-0.4, -0.2) is 87.4 Å². The maximum atomic E-state index is 13.2. The number of nitrogens with one attached hydrogen (secondary N) is 1. The number of carbonyl (C=O) groups is 2. The number of benzene rings is 1. The van der Waals surface area contributed by atoms with Crippen LogP contribution in [0, 0.1) is 0 Å². The van der Waals surface area contributed by atoms with Gasteiger partial charge in [-0.25, -0.2) is 8.42 Å². The van der Waals surface area contributed by atoms with Crippen molar-refractivity contribution < 1.29 is 27.5 Å². The lowest BCUT2D eigenvalue weighted by atomic mass is 10.1. The third kappa shape index (κ3) is 6.30. The summed E-state index contributed by atoms with van der Waals surface area (Å²) in [6, 6.07) is 3.69. The fourth-order valence-electron chi connectivity index (χ4n) is 3.47. The number of amides is 2. The second-order valence-electron chi connectivity index (χ2n) is 7.50. The summed E-state index contributed by atoms with van der Waals surface area (Å²) < 4.78 is 35.2. The number of hydrogen-bond acceptors (Lipinski definition) is 6. The fraction of sp³-hybridized carbons (Fsp3) is 0.579. The van der Waals surface area contributed by atoms with Crippen molar-refractivity contribution in [3.63, 3.8) is 0 Å². The molecule has 0 aliphatic carbocycles. The van der Waals surface area contributed by atoms with Gasteiger partial charge in [-0.15, -0.1) is 0 Å². The maximum Gasteiger partial charge on any atom is 0.251 e. The number of hydrogen-bond donors (Lipinski definition) is 1. The highest BCUT2D eigenvalue weighted by Crippen LogP contribution is 2.28. The van der Waals surface area contributed by atoms with E-state index in [0.29, 0.717) is 17.9 Å². The van der Waals surface area contributed by atoms with Crippen molar-refractivity contribution >= 4 is 45.0 Å². The van der Waals surface area contributed by atoms with E-state index in [1.54, 1.807) is 12.0 Å². The number of carbonyl (C=O) groups excluding carboxylic acids is 2. The first-order valence-corrected chi connectivity index (χ1v) is 12.4. The molecule has 2 aliphatic heterocycles. The third-order valence-electron chi connectivity index (χ3n) is 5.31. The van der Waals surface area contributed by atoms with Gasteiger partial charge in [0.05, 0.1) is 16.3 Å². The van der Waals surface area contributed by atoms with E-state index in [-0.39, 0.29) is 55.1 Å². The quantitative estimate of drug-likeness (QED) is 0.547. The number of piperazine rings is 1. The molecule has 0 bridgehead atoms. The van der Waals surface area contributed by atoms with Crippen molar-refractivity contribution in [3.05, 3.63) is 33.8 Å². The van der Waals surface area contributed by atoms with E-state index in [1.165, 1.54) is 22.5 Å². The molecule has 2 aliphatic rings. The molecule has 1 N–H and O–H groups in total. The average Bonchev–Trinajstić information content (AvgIpc) is 3.50. The maximum absolute atomic E-state index is 13.2. The van der Waals surface area contributed by atoms with Crippen molar-refractivity contribution in [2.24, 2.45) is 0 Å². The number of sulfonamides is 1. The number of rotatable bonds is 8. The minimum Gasteiger partial charge on any atom is -0.353 e. The Morgan fingerprint density at radius 3 is 2.45 bits per heavy atom. The fourth-order valence-corrected chi connectivity index (χ4v) is 4.59. The van der Waals surface area contributed by atoms with Crippen molar-refractivity contribution in [1.29, 1.82) is 0 Å². The number of nitrogens with zero attached hydrogens (tertiary/aromatic N) is 2. The van der Waals surface area contributed by atoms with Gasteiger partial charge >= 0.3 is 0 Å². The van der Waals surface area contributed by atoms with Crippen LogP contribution in [-0.2, 0) is 24.3 Å². The highest BCUT2D eigenvalue weighted by Gasteiger charge is 2.40. The van der Waals surface area contributed by atoms with Crippen LogP contribution in [0.25, 0.3) is 0 Å². The number of ether oxygens (including phenoxy) is 2. The monoisotopic (exact) mass is 493 g/mol. The Balaban J connectivity index is 1.67. The Morgan fingerprint density at radius 1 is 1.23 bits per heavy atom. The zero-order chi connectivity index (χ0) is 22.8. The summed E-state index contributed by atoms with van der Waals surface area (Å²) in [7, 11) is -1.77. The molecule has 2 saturated heterocycles. The van der Waals surface area contributed by atoms with Gasteiger partial charge in [0.2, 0.25) is 15.9 Å². The minimum atomic E-state index is -3.31. The topological polar surface area (TPSA) is 109 Å². The first-order chi connectivity index (χ1) is 14.6. The van der Waals surface area contributed by atoms with Gasteiger partial charge in [0.15, 0.2) is 6.29 Å². The Morgan fingerprint density at radius 2 is 1.90 bits per heavy atom. The van der Waals surface area contributed by atoms with Gasteiger partial charge in [-0.1, -0.05) is 23.2 Å². The van der Waals surface area contributed by atoms with Gasteiger partial charge in [0.25, 0.3) is 5.91 Å². The van der Waals surface area contributed by atoms with E-state index in [0.717, 1.165) is 6.26 Å². The SMILES string of the molecule is COC1OC1CC[C@H](NC(=O)c1ccc(Cl)c(Cl)c1)C(=O)N1CCN(S(C)(=O)=O)CC1. The molecular formula is C19H25Cl2N3O6S. The van der Waals surface area contributed by atoms with Crippen LogP contribution in [0.2, 0.25) is 10.0 Å². The lowest BCUT2D eigenvalue weighted by Crippen LogP contribution is -2.55. The molecule has 31 heavy (non-hydrogen) atoms. The molecule has 0 spiro atoms. The van der Waals surface area contributed by atoms with Crippen molar-refractivity contribution in [2.75, 3.05) is 39.5 Å². The molecule has 9 nitrogen and oxygen atoms in total. The van der Waals surface area contributed by atoms with Crippen LogP contribution in [0.1, 0.15) is 23.2 Å². The summed E-state index contributed by atoms with van der Waals surface area (Å²) in [5.41, 5.74) is 0.284. The average molecular weight is 494 g/mol. The van der Waals surface area contributed by atoms with E-state index in [2.05, 4.69) is 5.32 Å². The molecule has 3 atom stereocenters. The predicted molar refractivity (Wildman–Crippen MR) is 116 cm³/mol. The molecule has 0 aromatic heterocycles. The van der Waals surface area contributed by atoms with Gasteiger partial charge in [-0.3, -0.25) is 9.59 Å². The third-order valence-corrected chi connectivity index (χ3v) is 7.35. The van der Waals surface area contributed by atoms with E-state index < -0.39 is 22.0 Å². The van der Waals surface area contributed by atoms with E-state index >= 15 is 0 Å². The number of halogens is 2. The summed E-state index contributed by atoms with van der Waals surface area (Å²) in [5, 5.41) is 3.34. The van der Waals surface area contributed by atoms with E-state index in [9.17, 15) is 18.0 Å². The highest BCUT2D eigenvalue weighted by molar-refractivity contribution is 7.88. The lowest BCUT2D eigenvalue weighted by molar-refractivity contribution is -0.134. The van der Waals surface area contributed by atoms with Crippen molar-refractivity contribution in [1.82, 2.24) is 14.5 Å². The normalized spacial score (nSPS) is 22.8. The molecule has 1 aromatic rings. The summed E-state index contributed by atoms with van der Waals surface area (Å²) in [6.07, 6.45) is 1.61. The number of methoxy groups -OCH3 is 1. The van der Waals surface area contributed by atoms with Crippen LogP contribution < -0.4 is 5.32 Å². The Kier molecular flexibility index (Phi) is 7.82. The molecule has 3 rings (SSSR count). The van der Waals surface area contributed by atoms with Crippen LogP contribution in [0.15, 0.2) is 18.2 Å². The lowest BCUT2D eigenvalue weighted by Gasteiger charge is -2.35. The Hall–Kier alpha value is -1.43. The summed E-state index contributed by atoms with van der Waals surface area (Å²) in [4.78, 5) is 27.5. The van der Waals surface area contributed by atoms with Crippen LogP contribution >= 0.6 is 23.2 Å². The largest absolute Gasteiger partial charge is 0.353 e. The molecule has 1 aromatic carbocycles. The number of epoxide rings is 1. The molecule has 2 unspecified atom stereocenters. The zero-order valence-electron chi connectivity index (χ0n) is 17.2. The molecule has 12 heteroatoms. The van der Waals surface area contributed by atoms with Crippen LogP contribution in [0.3, 0.4) is 0 Å². The summed E-state index contributed by atoms with van der Waals surface area (Å²) in [5.74, 6) is -0.720. The first-order valence-electron chi connectivity index (χ1n) is 9.78. The summed E-state index contributed by atoms with van der Waals surface area (Å²) in [6.45, 7) is 0.947. The second kappa shape index (κ2) is 10.0. The Bertz CT molecular complexity index is 937. The molecule has 2 heterocycles. The molecule has 172 valence electrons. The van der Waals surface area contributed by atoms with Crippen LogP contribution in [0.4, 0.5) is 0 Å². The molecule has 0 radical (unpaired) electrons. The van der Waals surface area contributed by atoms with Gasteiger partial charge in [-0.2, -0.15) is 4.31 Å².